The summed E-state index contributed by atoms with van der Waals surface area (Å²) in [6, 6.07) is 10.6. The number of aromatic nitrogens is 3. The van der Waals surface area contributed by atoms with Crippen molar-refractivity contribution in [1.82, 2.24) is 30.5 Å². The largest absolute Gasteiger partial charge is 0.384 e. The van der Waals surface area contributed by atoms with Crippen molar-refractivity contribution in [2.24, 2.45) is 10.7 Å². The summed E-state index contributed by atoms with van der Waals surface area (Å²) in [5.41, 5.74) is 16.1. The molecule has 0 radical (unpaired) electrons. The van der Waals surface area contributed by atoms with E-state index < -0.39 is 0 Å². The summed E-state index contributed by atoms with van der Waals surface area (Å²) in [7, 11) is 0. The van der Waals surface area contributed by atoms with Gasteiger partial charge in [0.25, 0.3) is 11.9 Å². The van der Waals surface area contributed by atoms with Crippen molar-refractivity contribution in [3.8, 4) is 0 Å². The van der Waals surface area contributed by atoms with E-state index in [0.717, 1.165) is 18.5 Å². The third kappa shape index (κ3) is 7.79. The second-order valence-electron chi connectivity index (χ2n) is 9.21. The van der Waals surface area contributed by atoms with Crippen LogP contribution in [0.2, 0.25) is 0 Å². The molecular formula is C28H41N9O. The molecule has 1 saturated heterocycles. The van der Waals surface area contributed by atoms with Crippen molar-refractivity contribution in [3.63, 3.8) is 0 Å². The molecule has 0 spiro atoms. The van der Waals surface area contributed by atoms with E-state index in [1.165, 1.54) is 25.3 Å². The Labute approximate surface area is 225 Å². The van der Waals surface area contributed by atoms with Gasteiger partial charge in [-0.3, -0.25) is 4.79 Å². The summed E-state index contributed by atoms with van der Waals surface area (Å²) < 4.78 is 0. The number of piperazine rings is 1. The monoisotopic (exact) mass is 519 g/mol. The number of nitrogens with two attached hydrogens (primary N) is 2. The van der Waals surface area contributed by atoms with Gasteiger partial charge < -0.3 is 32.0 Å². The highest BCUT2D eigenvalue weighted by Gasteiger charge is 2.21. The number of fused-ring (bicyclic) bond motifs is 2. The Bertz CT molecular complexity index is 1230. The van der Waals surface area contributed by atoms with Gasteiger partial charge in [-0.1, -0.05) is 38.1 Å². The molecule has 204 valence electrons. The number of H-pyrrole nitrogens is 1. The third-order valence-corrected chi connectivity index (χ3v) is 6.04. The highest BCUT2D eigenvalue weighted by Crippen LogP contribution is 2.20. The lowest BCUT2D eigenvalue weighted by Gasteiger charge is -2.29. The lowest BCUT2D eigenvalue weighted by molar-refractivity contribution is -0.128. The summed E-state index contributed by atoms with van der Waals surface area (Å²) >= 11 is 0. The van der Waals surface area contributed by atoms with E-state index >= 15 is 0 Å². The van der Waals surface area contributed by atoms with Gasteiger partial charge >= 0.3 is 0 Å². The number of nitrogens with one attached hydrogen (secondary N) is 3. The molecule has 10 heteroatoms. The van der Waals surface area contributed by atoms with Crippen LogP contribution in [0, 0.1) is 0 Å². The molecule has 0 bridgehead atoms. The molecule has 0 atom stereocenters. The van der Waals surface area contributed by atoms with Gasteiger partial charge in [-0.05, 0) is 50.3 Å². The number of benzene rings is 1. The Morgan fingerprint density at radius 3 is 2.39 bits per heavy atom. The van der Waals surface area contributed by atoms with Gasteiger partial charge in [-0.2, -0.15) is 15.0 Å². The molecule has 1 aliphatic carbocycles. The normalized spacial score (nSPS) is 15.3. The number of nitrogens with zero attached hydrogens (tertiary/aromatic N) is 4. The highest BCUT2D eigenvalue weighted by atomic mass is 16.2. The average molecular weight is 520 g/mol. The maximum Gasteiger partial charge on any atom is 0.270 e. The summed E-state index contributed by atoms with van der Waals surface area (Å²) in [5.74, 6) is 0.458. The van der Waals surface area contributed by atoms with E-state index in [-0.39, 0.29) is 23.7 Å². The molecule has 2 aliphatic rings. The number of hydrogen-bond donors (Lipinski definition) is 5. The van der Waals surface area contributed by atoms with Crippen LogP contribution in [0.15, 0.2) is 53.3 Å². The number of carbonyl (C=O) groups is 1. The summed E-state index contributed by atoms with van der Waals surface area (Å²) in [4.78, 5) is 30.2. The van der Waals surface area contributed by atoms with Crippen LogP contribution in [0.25, 0.3) is 11.0 Å². The first kappa shape index (κ1) is 28.6. The fourth-order valence-corrected chi connectivity index (χ4v) is 4.33. The predicted molar refractivity (Wildman–Crippen MR) is 155 cm³/mol. The van der Waals surface area contributed by atoms with Crippen molar-refractivity contribution in [2.75, 3.05) is 31.9 Å². The van der Waals surface area contributed by atoms with E-state index in [1.807, 2.05) is 27.7 Å². The fraction of sp³-hybridized carbons (Fsp3) is 0.429. The lowest BCUT2D eigenvalue weighted by atomic mass is 10.1. The molecule has 3 aromatic rings. The van der Waals surface area contributed by atoms with Crippen LogP contribution in [-0.2, 0) is 17.6 Å². The fourth-order valence-electron chi connectivity index (χ4n) is 4.33. The van der Waals surface area contributed by atoms with Crippen LogP contribution in [-0.4, -0.2) is 63.8 Å². The van der Waals surface area contributed by atoms with E-state index in [9.17, 15) is 4.79 Å². The molecular weight excluding hydrogens is 478 g/mol. The number of carbonyl (C=O) groups excluding carboxylic acids is 1. The zero-order valence-corrected chi connectivity index (χ0v) is 22.9. The van der Waals surface area contributed by atoms with Crippen molar-refractivity contribution in [2.45, 2.75) is 53.0 Å². The number of aliphatic imine (C=N–C) groups is 1. The molecule has 5 rings (SSSR count). The Hall–Kier alpha value is -3.92. The van der Waals surface area contributed by atoms with Gasteiger partial charge in [0.05, 0.1) is 5.39 Å². The van der Waals surface area contributed by atoms with Crippen molar-refractivity contribution in [3.05, 3.63) is 59.4 Å². The topological polar surface area (TPSA) is 150 Å². The molecule has 1 aliphatic heterocycles. The maximum absolute atomic E-state index is 12.8. The van der Waals surface area contributed by atoms with Crippen LogP contribution in [0.5, 0.6) is 0 Å². The Morgan fingerprint density at radius 2 is 1.76 bits per heavy atom. The summed E-state index contributed by atoms with van der Waals surface area (Å²) in [6.07, 6.45) is 7.21. The van der Waals surface area contributed by atoms with Gasteiger partial charge in [-0.15, -0.1) is 0 Å². The minimum Gasteiger partial charge on any atom is -0.384 e. The lowest BCUT2D eigenvalue weighted by Crippen LogP contribution is -2.49. The van der Waals surface area contributed by atoms with Gasteiger partial charge in [-0.25, -0.2) is 0 Å². The van der Waals surface area contributed by atoms with Gasteiger partial charge in [0.2, 0.25) is 0 Å². The number of nitrogen functional groups attached to an aromatic ring is 1. The number of hydrogen-bond acceptors (Lipinski definition) is 7. The van der Waals surface area contributed by atoms with Gasteiger partial charge in [0.1, 0.15) is 23.0 Å². The first-order chi connectivity index (χ1) is 18.4. The van der Waals surface area contributed by atoms with Crippen molar-refractivity contribution in [1.29, 1.82) is 0 Å². The average Bonchev–Trinajstić information content (AvgIpc) is 3.60. The molecule has 1 amide bonds. The zero-order chi connectivity index (χ0) is 27.5. The van der Waals surface area contributed by atoms with E-state index in [1.54, 1.807) is 28.3 Å². The molecule has 7 N–H and O–H groups in total. The predicted octanol–water partition coefficient (Wildman–Crippen LogP) is 3.04. The van der Waals surface area contributed by atoms with E-state index in [4.69, 9.17) is 11.5 Å². The molecule has 0 saturated carbocycles. The Morgan fingerprint density at radius 1 is 1.11 bits per heavy atom. The van der Waals surface area contributed by atoms with E-state index in [2.05, 4.69) is 54.8 Å². The number of amides is 1. The van der Waals surface area contributed by atoms with E-state index in [0.29, 0.717) is 30.3 Å². The second kappa shape index (κ2) is 14.1. The minimum absolute atomic E-state index is 0.0677. The highest BCUT2D eigenvalue weighted by molar-refractivity contribution is 6.02. The molecule has 10 nitrogen and oxygen atoms in total. The maximum atomic E-state index is 12.8. The first-order valence-corrected chi connectivity index (χ1v) is 13.4. The van der Waals surface area contributed by atoms with Crippen LogP contribution in [0.4, 0.5) is 11.8 Å². The van der Waals surface area contributed by atoms with Gasteiger partial charge in [0.15, 0.2) is 0 Å². The van der Waals surface area contributed by atoms with Crippen LogP contribution >= 0.6 is 0 Å². The van der Waals surface area contributed by atoms with Gasteiger partial charge in [0, 0.05) is 44.5 Å². The van der Waals surface area contributed by atoms with Crippen molar-refractivity contribution >= 4 is 34.5 Å². The molecule has 38 heavy (non-hydrogen) atoms. The standard InChI is InChI=1S/C17H25N9O.C9H10.C2H6/c1-10(2)22-12(16(27)26-7-5-20-6-8-26)9-13(18)23-17-24-14(19)11-3-4-21-15(11)25-17;1-2-5-9-7-3-6-8(9)4-1;1-2/h3-4,9-10,20,22H,5-8H2,1-2H3,(H5,18,19,21,23,24,25);1-2,4-5H,3,6-7H2;1-2H3/b12-9-;;. The smallest absolute Gasteiger partial charge is 0.270 e. The molecule has 1 fully saturated rings. The van der Waals surface area contributed by atoms with Crippen LogP contribution in [0.3, 0.4) is 0 Å². The molecule has 2 aromatic heterocycles. The SMILES string of the molecule is CC.CC(C)N/C(=C\C(N)=N\c1nc(N)c2cc[nH]c2n1)C(=O)N1CCNCC1.c1ccc2c(c1)CCC2. The number of rotatable bonds is 5. The first-order valence-electron chi connectivity index (χ1n) is 13.4. The molecule has 1 aromatic carbocycles. The Kier molecular flexibility index (Phi) is 10.7. The quantitative estimate of drug-likeness (QED) is 0.197. The Balaban J connectivity index is 0.000000301. The van der Waals surface area contributed by atoms with Crippen LogP contribution < -0.4 is 22.1 Å². The molecule has 0 unspecified atom stereocenters. The number of aromatic amines is 1. The molecule has 3 heterocycles. The number of amidine groups is 1. The number of anilines is 1. The van der Waals surface area contributed by atoms with Crippen LogP contribution in [0.1, 0.15) is 45.2 Å². The summed E-state index contributed by atoms with van der Waals surface area (Å²) in [5, 5.41) is 7.10. The number of aryl methyl sites for hydroxylation is 2. The third-order valence-electron chi connectivity index (χ3n) is 6.04. The second-order valence-corrected chi connectivity index (χ2v) is 9.21. The summed E-state index contributed by atoms with van der Waals surface area (Å²) in [6.45, 7) is 10.7. The minimum atomic E-state index is -0.108. The van der Waals surface area contributed by atoms with Crippen molar-refractivity contribution < 1.29 is 4.79 Å². The zero-order valence-electron chi connectivity index (χ0n) is 22.9.